The molecule has 0 saturated heterocycles. The maximum atomic E-state index is 12.3. The highest BCUT2D eigenvalue weighted by Crippen LogP contribution is 2.16. The van der Waals surface area contributed by atoms with Gasteiger partial charge in [-0.2, -0.15) is 13.2 Å². The second-order valence-corrected chi connectivity index (χ2v) is 8.52. The quantitative estimate of drug-likeness (QED) is 0.109. The van der Waals surface area contributed by atoms with Gasteiger partial charge >= 0.3 is 18.1 Å². The van der Waals surface area contributed by atoms with E-state index >= 15 is 0 Å². The number of unbranched alkanes of at least 4 members (excludes halogenated alkanes) is 15. The Hall–Kier alpha value is -1.53. The first-order valence-electron chi connectivity index (χ1n) is 12.5. The molecule has 0 aliphatic rings. The lowest BCUT2D eigenvalue weighted by Gasteiger charge is -2.17. The van der Waals surface area contributed by atoms with Gasteiger partial charge in [-0.1, -0.05) is 109 Å². The second kappa shape index (κ2) is 20.1. The van der Waals surface area contributed by atoms with E-state index in [1.54, 1.807) is 5.32 Å². The van der Waals surface area contributed by atoms with E-state index in [0.29, 0.717) is 6.42 Å². The third-order valence-electron chi connectivity index (χ3n) is 5.49. The number of amides is 1. The highest BCUT2D eigenvalue weighted by molar-refractivity contribution is 5.87. The third-order valence-corrected chi connectivity index (χ3v) is 5.49. The van der Waals surface area contributed by atoms with Crippen molar-refractivity contribution >= 4 is 11.9 Å². The summed E-state index contributed by atoms with van der Waals surface area (Å²) in [6.45, 7) is 5.78. The molecular formula is C25H44F3NO3. The van der Waals surface area contributed by atoms with Gasteiger partial charge in [-0.25, -0.2) is 4.79 Å². The topological polar surface area (TPSA) is 55.4 Å². The predicted octanol–water partition coefficient (Wildman–Crippen LogP) is 7.41. The number of carbonyl (C=O) groups is 2. The number of esters is 1. The van der Waals surface area contributed by atoms with Crippen molar-refractivity contribution < 1.29 is 27.5 Å². The van der Waals surface area contributed by atoms with Gasteiger partial charge in [-0.3, -0.25) is 4.79 Å². The number of carbonyl (C=O) groups excluding carboxylic acids is 2. The summed E-state index contributed by atoms with van der Waals surface area (Å²) in [6.07, 6.45) is 15.9. The van der Waals surface area contributed by atoms with Crippen molar-refractivity contribution in [2.24, 2.45) is 0 Å². The smallest absolute Gasteiger partial charge is 0.464 e. The van der Waals surface area contributed by atoms with Crippen molar-refractivity contribution in [1.29, 1.82) is 0 Å². The van der Waals surface area contributed by atoms with Crippen molar-refractivity contribution in [3.8, 4) is 0 Å². The van der Waals surface area contributed by atoms with Crippen LogP contribution in [-0.4, -0.2) is 30.7 Å². The molecular weight excluding hydrogens is 419 g/mol. The molecule has 7 heteroatoms. The summed E-state index contributed by atoms with van der Waals surface area (Å²) < 4.78 is 42.1. The fraction of sp³-hybridized carbons (Fsp3) is 0.840. The van der Waals surface area contributed by atoms with Crippen molar-refractivity contribution in [3.63, 3.8) is 0 Å². The Morgan fingerprint density at radius 3 is 1.59 bits per heavy atom. The van der Waals surface area contributed by atoms with Gasteiger partial charge in [0.15, 0.2) is 0 Å². The molecule has 0 heterocycles. The Labute approximate surface area is 192 Å². The van der Waals surface area contributed by atoms with E-state index in [1.165, 1.54) is 83.1 Å². The first kappa shape index (κ1) is 30.5. The van der Waals surface area contributed by atoms with E-state index in [-0.39, 0.29) is 13.0 Å². The van der Waals surface area contributed by atoms with Crippen LogP contribution in [0.2, 0.25) is 0 Å². The molecule has 0 aliphatic carbocycles. The first-order valence-corrected chi connectivity index (χ1v) is 12.5. The minimum Gasteiger partial charge on any atom is -0.464 e. The van der Waals surface area contributed by atoms with E-state index in [2.05, 4.69) is 13.5 Å². The first-order chi connectivity index (χ1) is 15.3. The van der Waals surface area contributed by atoms with Gasteiger partial charge in [-0.05, 0) is 12.8 Å². The molecule has 1 unspecified atom stereocenters. The van der Waals surface area contributed by atoms with Gasteiger partial charge < -0.3 is 10.1 Å². The molecule has 0 saturated carbocycles. The van der Waals surface area contributed by atoms with Gasteiger partial charge in [0, 0.05) is 0 Å². The van der Waals surface area contributed by atoms with Crippen molar-refractivity contribution in [2.75, 3.05) is 6.61 Å². The van der Waals surface area contributed by atoms with E-state index in [9.17, 15) is 22.8 Å². The van der Waals surface area contributed by atoms with Crippen molar-refractivity contribution in [3.05, 3.63) is 12.7 Å². The van der Waals surface area contributed by atoms with Crippen LogP contribution >= 0.6 is 0 Å². The average Bonchev–Trinajstić information content (AvgIpc) is 2.74. The van der Waals surface area contributed by atoms with Crippen LogP contribution in [0.5, 0.6) is 0 Å². The number of alkyl halides is 3. The fourth-order valence-electron chi connectivity index (χ4n) is 3.54. The van der Waals surface area contributed by atoms with Crippen LogP contribution in [0.25, 0.3) is 0 Å². The molecule has 0 fully saturated rings. The van der Waals surface area contributed by atoms with Gasteiger partial charge in [-0.15, -0.1) is 6.58 Å². The van der Waals surface area contributed by atoms with Gasteiger partial charge in [0.1, 0.15) is 6.04 Å². The summed E-state index contributed by atoms with van der Waals surface area (Å²) >= 11 is 0. The Morgan fingerprint density at radius 2 is 1.22 bits per heavy atom. The maximum Gasteiger partial charge on any atom is 0.471 e. The van der Waals surface area contributed by atoms with E-state index in [4.69, 9.17) is 4.74 Å². The van der Waals surface area contributed by atoms with Gasteiger partial charge in [0.05, 0.1) is 6.61 Å². The largest absolute Gasteiger partial charge is 0.471 e. The lowest BCUT2D eigenvalue weighted by molar-refractivity contribution is -0.175. The number of rotatable bonds is 21. The third kappa shape index (κ3) is 18.1. The molecule has 0 radical (unpaired) electrons. The Balaban J connectivity index is 3.57. The van der Waals surface area contributed by atoms with Crippen LogP contribution in [0.15, 0.2) is 12.7 Å². The van der Waals surface area contributed by atoms with Crippen LogP contribution < -0.4 is 5.32 Å². The van der Waals surface area contributed by atoms with E-state index in [0.717, 1.165) is 19.3 Å². The monoisotopic (exact) mass is 463 g/mol. The summed E-state index contributed by atoms with van der Waals surface area (Å²) in [7, 11) is 0. The maximum absolute atomic E-state index is 12.3. The number of hydrogen-bond donors (Lipinski definition) is 1. The highest BCUT2D eigenvalue weighted by atomic mass is 19.4. The summed E-state index contributed by atoms with van der Waals surface area (Å²) in [4.78, 5) is 22.9. The molecule has 0 aromatic carbocycles. The molecule has 0 aliphatic heterocycles. The molecule has 32 heavy (non-hydrogen) atoms. The molecule has 1 amide bonds. The fourth-order valence-corrected chi connectivity index (χ4v) is 3.54. The van der Waals surface area contributed by atoms with Gasteiger partial charge in [0.2, 0.25) is 0 Å². The molecule has 1 N–H and O–H groups in total. The van der Waals surface area contributed by atoms with Crippen LogP contribution in [0.3, 0.4) is 0 Å². The van der Waals surface area contributed by atoms with Gasteiger partial charge in [0.25, 0.3) is 0 Å². The minimum absolute atomic E-state index is 0.111. The molecule has 0 aromatic rings. The molecule has 1 atom stereocenters. The number of hydrogen-bond acceptors (Lipinski definition) is 3. The number of halogens is 3. The van der Waals surface area contributed by atoms with Crippen molar-refractivity contribution in [2.45, 2.75) is 128 Å². The Kier molecular flexibility index (Phi) is 19.1. The molecule has 0 bridgehead atoms. The summed E-state index contributed by atoms with van der Waals surface area (Å²) in [5.41, 5.74) is 0. The molecule has 4 nitrogen and oxygen atoms in total. The zero-order valence-corrected chi connectivity index (χ0v) is 19.9. The second-order valence-electron chi connectivity index (χ2n) is 8.52. The predicted molar refractivity (Wildman–Crippen MR) is 123 cm³/mol. The zero-order valence-electron chi connectivity index (χ0n) is 19.9. The molecule has 0 rings (SSSR count). The SMILES string of the molecule is C=CCC(NC(=O)C(F)(F)F)C(=O)OCCCCCCCCCCCCCCCCCC. The summed E-state index contributed by atoms with van der Waals surface area (Å²) in [5, 5.41) is 1.65. The molecule has 188 valence electrons. The van der Waals surface area contributed by atoms with Crippen LogP contribution in [-0.2, 0) is 14.3 Å². The van der Waals surface area contributed by atoms with Crippen LogP contribution in [0.1, 0.15) is 116 Å². The van der Waals surface area contributed by atoms with E-state index < -0.39 is 24.1 Å². The van der Waals surface area contributed by atoms with E-state index in [1.807, 2.05) is 0 Å². The number of nitrogens with one attached hydrogen (secondary N) is 1. The van der Waals surface area contributed by atoms with Crippen LogP contribution in [0, 0.1) is 0 Å². The summed E-state index contributed by atoms with van der Waals surface area (Å²) in [6, 6.07) is -1.36. The Bertz CT molecular complexity index is 495. The lowest BCUT2D eigenvalue weighted by Crippen LogP contribution is -2.47. The zero-order chi connectivity index (χ0) is 24.1. The van der Waals surface area contributed by atoms with Crippen molar-refractivity contribution in [1.82, 2.24) is 5.32 Å². The molecule has 0 aromatic heterocycles. The number of ether oxygens (including phenoxy) is 1. The highest BCUT2D eigenvalue weighted by Gasteiger charge is 2.40. The Morgan fingerprint density at radius 1 is 0.812 bits per heavy atom. The summed E-state index contributed by atoms with van der Waals surface area (Å²) in [5.74, 6) is -3.01. The minimum atomic E-state index is -5.03. The average molecular weight is 464 g/mol. The molecule has 0 spiro atoms. The normalized spacial score (nSPS) is 12.4. The van der Waals surface area contributed by atoms with Crippen LogP contribution in [0.4, 0.5) is 13.2 Å². The lowest BCUT2D eigenvalue weighted by atomic mass is 10.0. The standard InChI is InChI=1S/C25H44F3NO3/c1-3-5-6-7-8-9-10-11-12-13-14-15-16-17-18-19-21-32-23(30)22(20-4-2)29-24(31)25(26,27)28/h4,22H,2-3,5-21H2,1H3,(H,29,31).